The minimum Gasteiger partial charge on any atom is -0.490 e. The van der Waals surface area contributed by atoms with Crippen LogP contribution in [0.3, 0.4) is 0 Å². The van der Waals surface area contributed by atoms with E-state index in [0.29, 0.717) is 15.7 Å². The number of methoxy groups -OCH3 is 1. The molecule has 0 spiro atoms. The van der Waals surface area contributed by atoms with E-state index >= 15 is 0 Å². The number of carbonyl (C=O) groups excluding carboxylic acids is 2. The molecule has 0 saturated carbocycles. The molecule has 0 unspecified atom stereocenters. The summed E-state index contributed by atoms with van der Waals surface area (Å²) >= 11 is 3.29. The molecule has 27 heavy (non-hydrogen) atoms. The zero-order chi connectivity index (χ0) is 19.9. The number of nitro groups is 1. The van der Waals surface area contributed by atoms with Gasteiger partial charge in [0.25, 0.3) is 5.91 Å². The number of hydrogen-bond acceptors (Lipinski definition) is 6. The fourth-order valence-corrected chi connectivity index (χ4v) is 3.51. The van der Waals surface area contributed by atoms with Crippen molar-refractivity contribution in [2.24, 2.45) is 0 Å². The third-order valence-electron chi connectivity index (χ3n) is 4.54. The summed E-state index contributed by atoms with van der Waals surface area (Å²) in [6.45, 7) is 0. The molecule has 2 aromatic carbocycles. The number of Topliss-reactive ketones (excluding diaryl/α,β-unsaturated/α-hetero) is 1. The number of ether oxygens (including phenoxy) is 1. The zero-order valence-corrected chi connectivity index (χ0v) is 16.0. The van der Waals surface area contributed by atoms with E-state index in [1.54, 1.807) is 18.2 Å². The molecular weight excluding hydrogens is 420 g/mol. The van der Waals surface area contributed by atoms with Crippen LogP contribution in [0, 0.1) is 10.1 Å². The Bertz CT molecular complexity index is 976. The van der Waals surface area contributed by atoms with Crippen LogP contribution in [0.25, 0.3) is 0 Å². The molecule has 0 saturated heterocycles. The highest BCUT2D eigenvalue weighted by Gasteiger charge is 2.49. The van der Waals surface area contributed by atoms with E-state index in [1.165, 1.54) is 31.2 Å². The van der Waals surface area contributed by atoms with Crippen LogP contribution in [-0.4, -0.2) is 35.9 Å². The van der Waals surface area contributed by atoms with Crippen molar-refractivity contribution in [2.45, 2.75) is 12.0 Å². The molecule has 0 fully saturated rings. The molecule has 140 valence electrons. The first-order chi connectivity index (χ1) is 12.7. The number of hydrogen-bond donors (Lipinski definition) is 1. The van der Waals surface area contributed by atoms with Crippen LogP contribution in [0.1, 0.15) is 22.3 Å². The van der Waals surface area contributed by atoms with Crippen molar-refractivity contribution in [2.75, 3.05) is 19.1 Å². The minimum atomic E-state index is -2.04. The first kappa shape index (κ1) is 19.0. The minimum absolute atomic E-state index is 0.00910. The summed E-state index contributed by atoms with van der Waals surface area (Å²) in [5, 5.41) is 22.2. The zero-order valence-electron chi connectivity index (χ0n) is 14.4. The lowest BCUT2D eigenvalue weighted by Gasteiger charge is -2.21. The Morgan fingerprint density at radius 3 is 2.67 bits per heavy atom. The molecule has 1 aliphatic heterocycles. The smallest absolute Gasteiger partial charge is 0.311 e. The maximum absolute atomic E-state index is 12.7. The van der Waals surface area contributed by atoms with Gasteiger partial charge in [-0.05, 0) is 30.3 Å². The van der Waals surface area contributed by atoms with Gasteiger partial charge in [-0.1, -0.05) is 15.9 Å². The van der Waals surface area contributed by atoms with Crippen molar-refractivity contribution >= 4 is 39.0 Å². The monoisotopic (exact) mass is 434 g/mol. The van der Waals surface area contributed by atoms with Gasteiger partial charge in [-0.3, -0.25) is 19.7 Å². The number of likely N-dealkylation sites (N-methyl/N-ethyl adjacent to an activating group) is 1. The number of carbonyl (C=O) groups is 2. The molecule has 1 atom stereocenters. The summed E-state index contributed by atoms with van der Waals surface area (Å²) < 4.78 is 5.57. The van der Waals surface area contributed by atoms with Crippen LogP contribution in [0.5, 0.6) is 5.75 Å². The van der Waals surface area contributed by atoms with Gasteiger partial charge in [0.1, 0.15) is 0 Å². The number of benzene rings is 2. The number of amides is 1. The second-order valence-electron chi connectivity index (χ2n) is 6.13. The lowest BCUT2D eigenvalue weighted by molar-refractivity contribution is -0.385. The first-order valence-electron chi connectivity index (χ1n) is 7.85. The average Bonchev–Trinajstić information content (AvgIpc) is 2.82. The van der Waals surface area contributed by atoms with Gasteiger partial charge in [-0.25, -0.2) is 0 Å². The highest BCUT2D eigenvalue weighted by Crippen LogP contribution is 2.43. The number of anilines is 1. The molecule has 0 radical (unpaired) electrons. The van der Waals surface area contributed by atoms with Crippen LogP contribution < -0.4 is 9.64 Å². The van der Waals surface area contributed by atoms with Crippen molar-refractivity contribution < 1.29 is 24.4 Å². The van der Waals surface area contributed by atoms with Crippen LogP contribution in [0.15, 0.2) is 40.9 Å². The molecule has 3 rings (SSSR count). The van der Waals surface area contributed by atoms with Crippen molar-refractivity contribution in [1.29, 1.82) is 0 Å². The van der Waals surface area contributed by atoms with Crippen molar-refractivity contribution in [1.82, 2.24) is 0 Å². The molecule has 1 amide bonds. The molecule has 9 heteroatoms. The Morgan fingerprint density at radius 1 is 1.33 bits per heavy atom. The van der Waals surface area contributed by atoms with Gasteiger partial charge in [0.2, 0.25) is 0 Å². The Morgan fingerprint density at radius 2 is 2.04 bits per heavy atom. The van der Waals surface area contributed by atoms with Gasteiger partial charge in [0.15, 0.2) is 17.1 Å². The Balaban J connectivity index is 1.99. The normalized spacial score (nSPS) is 18.4. The number of rotatable bonds is 5. The summed E-state index contributed by atoms with van der Waals surface area (Å²) in [5.41, 5.74) is -1.59. The van der Waals surface area contributed by atoms with E-state index in [9.17, 15) is 24.8 Å². The van der Waals surface area contributed by atoms with Gasteiger partial charge < -0.3 is 14.7 Å². The van der Waals surface area contributed by atoms with Gasteiger partial charge in [-0.2, -0.15) is 0 Å². The molecule has 1 aliphatic rings. The molecule has 2 aromatic rings. The molecule has 1 heterocycles. The summed E-state index contributed by atoms with van der Waals surface area (Å²) in [4.78, 5) is 37.1. The second kappa shape index (κ2) is 6.75. The van der Waals surface area contributed by atoms with Crippen LogP contribution in [0.4, 0.5) is 11.4 Å². The molecule has 0 aromatic heterocycles. The lowest BCUT2D eigenvalue weighted by atomic mass is 9.88. The van der Waals surface area contributed by atoms with Crippen LogP contribution >= 0.6 is 15.9 Å². The van der Waals surface area contributed by atoms with Gasteiger partial charge >= 0.3 is 5.69 Å². The fraction of sp³-hybridized carbons (Fsp3) is 0.222. The summed E-state index contributed by atoms with van der Waals surface area (Å²) in [6, 6.07) is 8.72. The van der Waals surface area contributed by atoms with E-state index in [4.69, 9.17) is 4.74 Å². The van der Waals surface area contributed by atoms with Gasteiger partial charge in [-0.15, -0.1) is 0 Å². The fourth-order valence-electron chi connectivity index (χ4n) is 3.15. The number of nitro benzene ring substituents is 1. The topological polar surface area (TPSA) is 110 Å². The number of ketones is 1. The highest BCUT2D eigenvalue weighted by atomic mass is 79.9. The standard InChI is InChI=1S/C18H15BrN2O6/c1-20-13-5-4-11(19)8-12(13)18(24,17(20)23)9-15(22)10-3-6-16(27-2)14(7-10)21(25)26/h3-8,24H,9H2,1-2H3/t18-/m0/s1. The van der Waals surface area contributed by atoms with Crippen LogP contribution in [0.2, 0.25) is 0 Å². The molecular formula is C18H15BrN2O6. The van der Waals surface area contributed by atoms with E-state index in [1.807, 2.05) is 0 Å². The second-order valence-corrected chi connectivity index (χ2v) is 7.05. The quantitative estimate of drug-likeness (QED) is 0.440. The van der Waals surface area contributed by atoms with E-state index in [-0.39, 0.29) is 17.0 Å². The summed E-state index contributed by atoms with van der Waals surface area (Å²) in [6.07, 6.45) is -0.539. The van der Waals surface area contributed by atoms with E-state index in [2.05, 4.69) is 15.9 Å². The SMILES string of the molecule is COc1ccc(C(=O)C[C@@]2(O)C(=O)N(C)c3ccc(Br)cc32)cc1[N+](=O)[O-]. The molecule has 8 nitrogen and oxygen atoms in total. The summed E-state index contributed by atoms with van der Waals surface area (Å²) in [5.74, 6) is -1.22. The van der Waals surface area contributed by atoms with Gasteiger partial charge in [0, 0.05) is 28.7 Å². The number of aliphatic hydroxyl groups is 1. The molecule has 0 aliphatic carbocycles. The third-order valence-corrected chi connectivity index (χ3v) is 5.03. The van der Waals surface area contributed by atoms with Gasteiger partial charge in [0.05, 0.1) is 24.1 Å². The molecule has 0 bridgehead atoms. The van der Waals surface area contributed by atoms with Crippen LogP contribution in [-0.2, 0) is 10.4 Å². The Labute approximate surface area is 162 Å². The molecule has 1 N–H and O–H groups in total. The maximum atomic E-state index is 12.7. The number of halogens is 1. The third kappa shape index (κ3) is 3.08. The van der Waals surface area contributed by atoms with E-state index < -0.39 is 28.6 Å². The summed E-state index contributed by atoms with van der Waals surface area (Å²) in [7, 11) is 2.80. The Kier molecular flexibility index (Phi) is 4.75. The van der Waals surface area contributed by atoms with Crippen molar-refractivity contribution in [3.05, 3.63) is 62.1 Å². The van der Waals surface area contributed by atoms with Crippen molar-refractivity contribution in [3.8, 4) is 5.75 Å². The predicted molar refractivity (Wildman–Crippen MR) is 100 cm³/mol. The number of nitrogens with zero attached hydrogens (tertiary/aromatic N) is 2. The highest BCUT2D eigenvalue weighted by molar-refractivity contribution is 9.10. The average molecular weight is 435 g/mol. The van der Waals surface area contributed by atoms with Crippen molar-refractivity contribution in [3.63, 3.8) is 0 Å². The lowest BCUT2D eigenvalue weighted by Crippen LogP contribution is -2.40. The number of fused-ring (bicyclic) bond motifs is 1. The van der Waals surface area contributed by atoms with E-state index in [0.717, 1.165) is 6.07 Å². The predicted octanol–water partition coefficient (Wildman–Crippen LogP) is 2.80. The first-order valence-corrected chi connectivity index (χ1v) is 8.64. The Hall–Kier alpha value is -2.78. The maximum Gasteiger partial charge on any atom is 0.311 e. The largest absolute Gasteiger partial charge is 0.490 e.